The average Bonchev–Trinajstić information content (AvgIpc) is 2.68. The fourth-order valence-electron chi connectivity index (χ4n) is 2.55. The third-order valence-corrected chi connectivity index (χ3v) is 3.92. The Morgan fingerprint density at radius 1 is 1.12 bits per heavy atom. The highest BCUT2D eigenvalue weighted by atomic mass is 16.6. The molecule has 0 spiro atoms. The minimum Gasteiger partial charge on any atom is -0.497 e. The average molecular weight is 339 g/mol. The first-order valence-electron chi connectivity index (χ1n) is 8.20. The van der Waals surface area contributed by atoms with E-state index < -0.39 is 0 Å². The van der Waals surface area contributed by atoms with Crippen LogP contribution in [0.3, 0.4) is 0 Å². The molecule has 0 radical (unpaired) electrons. The van der Waals surface area contributed by atoms with Crippen molar-refractivity contribution < 1.29 is 19.0 Å². The highest BCUT2D eigenvalue weighted by molar-refractivity contribution is 5.71. The summed E-state index contributed by atoms with van der Waals surface area (Å²) < 4.78 is 16.2. The minimum atomic E-state index is -0.350. The monoisotopic (exact) mass is 339 g/mol. The van der Waals surface area contributed by atoms with Crippen molar-refractivity contribution >= 4 is 12.2 Å². The summed E-state index contributed by atoms with van der Waals surface area (Å²) in [6, 6.07) is 16.8. The molecule has 1 heterocycles. The van der Waals surface area contributed by atoms with Gasteiger partial charge in [-0.05, 0) is 29.8 Å². The number of ether oxygens (including phenoxy) is 3. The molecule has 0 aliphatic carbocycles. The summed E-state index contributed by atoms with van der Waals surface area (Å²) in [6.07, 6.45) is 3.44. The van der Waals surface area contributed by atoms with E-state index >= 15 is 0 Å². The molecule has 1 saturated heterocycles. The molecule has 1 fully saturated rings. The molecular weight excluding hydrogens is 318 g/mol. The zero-order valence-electron chi connectivity index (χ0n) is 14.1. The second-order valence-corrected chi connectivity index (χ2v) is 5.67. The first-order valence-corrected chi connectivity index (χ1v) is 8.20. The van der Waals surface area contributed by atoms with E-state index in [1.54, 1.807) is 24.1 Å². The minimum absolute atomic E-state index is 0.154. The van der Waals surface area contributed by atoms with Crippen LogP contribution in [0.4, 0.5) is 4.79 Å². The predicted molar refractivity (Wildman–Crippen MR) is 95.8 cm³/mol. The molecule has 25 heavy (non-hydrogen) atoms. The maximum absolute atomic E-state index is 12.3. The van der Waals surface area contributed by atoms with Crippen molar-refractivity contribution in [3.63, 3.8) is 0 Å². The Morgan fingerprint density at radius 2 is 1.88 bits per heavy atom. The van der Waals surface area contributed by atoms with Gasteiger partial charge in [0.1, 0.15) is 11.5 Å². The summed E-state index contributed by atoms with van der Waals surface area (Å²) in [4.78, 5) is 13.9. The standard InChI is InChI=1S/C20H21NO4/c1-23-17-10-7-16(8-11-17)9-12-19-15-21(13-14-24-19)20(22)25-18-5-3-2-4-6-18/h2-12,19H,13-15H2,1H3/b12-9+. The summed E-state index contributed by atoms with van der Waals surface area (Å²) >= 11 is 0. The van der Waals surface area contributed by atoms with Gasteiger partial charge in [0.05, 0.1) is 26.4 Å². The number of hydrogen-bond donors (Lipinski definition) is 0. The van der Waals surface area contributed by atoms with Crippen LogP contribution in [-0.4, -0.2) is 43.9 Å². The van der Waals surface area contributed by atoms with Crippen LogP contribution in [0.2, 0.25) is 0 Å². The van der Waals surface area contributed by atoms with Crippen molar-refractivity contribution in [3.8, 4) is 11.5 Å². The number of hydrogen-bond acceptors (Lipinski definition) is 4. The van der Waals surface area contributed by atoms with Crippen LogP contribution in [0.25, 0.3) is 6.08 Å². The van der Waals surface area contributed by atoms with Crippen molar-refractivity contribution in [2.24, 2.45) is 0 Å². The zero-order valence-corrected chi connectivity index (χ0v) is 14.1. The Hall–Kier alpha value is -2.79. The van der Waals surface area contributed by atoms with Crippen LogP contribution < -0.4 is 9.47 Å². The lowest BCUT2D eigenvalue weighted by atomic mass is 10.1. The fraction of sp³-hybridized carbons (Fsp3) is 0.250. The Bertz CT molecular complexity index is 712. The second-order valence-electron chi connectivity index (χ2n) is 5.67. The summed E-state index contributed by atoms with van der Waals surface area (Å²) in [7, 11) is 1.64. The number of carbonyl (C=O) groups excluding carboxylic acids is 1. The SMILES string of the molecule is COc1ccc(/C=C/C2CN(C(=O)Oc3ccccc3)CCO2)cc1. The van der Waals surface area contributed by atoms with Gasteiger partial charge in [-0.2, -0.15) is 0 Å². The van der Waals surface area contributed by atoms with Crippen molar-refractivity contribution in [2.75, 3.05) is 26.8 Å². The third-order valence-electron chi connectivity index (χ3n) is 3.92. The van der Waals surface area contributed by atoms with Crippen molar-refractivity contribution in [1.82, 2.24) is 4.90 Å². The number of methoxy groups -OCH3 is 1. The van der Waals surface area contributed by atoms with Crippen LogP contribution >= 0.6 is 0 Å². The molecule has 1 aliphatic rings. The Morgan fingerprint density at radius 3 is 2.60 bits per heavy atom. The van der Waals surface area contributed by atoms with Gasteiger partial charge in [-0.25, -0.2) is 4.79 Å². The molecule has 1 unspecified atom stereocenters. The number of para-hydroxylation sites is 1. The molecule has 130 valence electrons. The summed E-state index contributed by atoms with van der Waals surface area (Å²) in [5.74, 6) is 1.37. The normalized spacial score (nSPS) is 17.5. The number of benzene rings is 2. The zero-order chi connectivity index (χ0) is 17.5. The van der Waals surface area contributed by atoms with Gasteiger partial charge in [0, 0.05) is 6.54 Å². The number of nitrogens with zero attached hydrogens (tertiary/aromatic N) is 1. The van der Waals surface area contributed by atoms with Gasteiger partial charge >= 0.3 is 6.09 Å². The number of morpholine rings is 1. The van der Waals surface area contributed by atoms with Gasteiger partial charge in [-0.1, -0.05) is 42.5 Å². The maximum atomic E-state index is 12.3. The van der Waals surface area contributed by atoms with E-state index in [2.05, 4.69) is 0 Å². The van der Waals surface area contributed by atoms with E-state index in [0.717, 1.165) is 11.3 Å². The number of amides is 1. The molecule has 1 aliphatic heterocycles. The molecule has 0 saturated carbocycles. The lowest BCUT2D eigenvalue weighted by molar-refractivity contribution is 0.00415. The smallest absolute Gasteiger partial charge is 0.415 e. The number of rotatable bonds is 4. The van der Waals surface area contributed by atoms with Crippen LogP contribution in [0, 0.1) is 0 Å². The molecule has 3 rings (SSSR count). The molecule has 2 aromatic carbocycles. The molecular formula is C20H21NO4. The Kier molecular flexibility index (Phi) is 5.69. The topological polar surface area (TPSA) is 48.0 Å². The van der Waals surface area contributed by atoms with Gasteiger partial charge in [0.15, 0.2) is 0 Å². The van der Waals surface area contributed by atoms with E-state index in [1.807, 2.05) is 54.6 Å². The Balaban J connectivity index is 1.56. The van der Waals surface area contributed by atoms with Gasteiger partial charge in [0.25, 0.3) is 0 Å². The predicted octanol–water partition coefficient (Wildman–Crippen LogP) is 3.61. The fourth-order valence-corrected chi connectivity index (χ4v) is 2.55. The molecule has 0 aromatic heterocycles. The van der Waals surface area contributed by atoms with Gasteiger partial charge in [0.2, 0.25) is 0 Å². The second kappa shape index (κ2) is 8.35. The van der Waals surface area contributed by atoms with Crippen molar-refractivity contribution in [1.29, 1.82) is 0 Å². The molecule has 0 N–H and O–H groups in total. The molecule has 1 amide bonds. The van der Waals surface area contributed by atoms with E-state index in [0.29, 0.717) is 25.4 Å². The molecule has 5 heteroatoms. The first kappa shape index (κ1) is 17.0. The summed E-state index contributed by atoms with van der Waals surface area (Å²) in [6.45, 7) is 1.48. The van der Waals surface area contributed by atoms with E-state index in [9.17, 15) is 4.79 Å². The van der Waals surface area contributed by atoms with Gasteiger partial charge in [-0.15, -0.1) is 0 Å². The Labute approximate surface area is 147 Å². The maximum Gasteiger partial charge on any atom is 0.415 e. The van der Waals surface area contributed by atoms with Crippen LogP contribution in [0.15, 0.2) is 60.7 Å². The number of carbonyl (C=O) groups is 1. The third kappa shape index (κ3) is 4.84. The largest absolute Gasteiger partial charge is 0.497 e. The highest BCUT2D eigenvalue weighted by Crippen LogP contribution is 2.15. The molecule has 2 aromatic rings. The van der Waals surface area contributed by atoms with Gasteiger partial charge < -0.3 is 19.1 Å². The van der Waals surface area contributed by atoms with E-state index in [-0.39, 0.29) is 12.2 Å². The quantitative estimate of drug-likeness (QED) is 0.854. The molecule has 5 nitrogen and oxygen atoms in total. The lowest BCUT2D eigenvalue weighted by Crippen LogP contribution is -2.46. The van der Waals surface area contributed by atoms with Gasteiger partial charge in [-0.3, -0.25) is 0 Å². The van der Waals surface area contributed by atoms with Crippen LogP contribution in [-0.2, 0) is 4.74 Å². The van der Waals surface area contributed by atoms with Crippen LogP contribution in [0.1, 0.15) is 5.56 Å². The molecule has 0 bridgehead atoms. The lowest BCUT2D eigenvalue weighted by Gasteiger charge is -2.30. The summed E-state index contributed by atoms with van der Waals surface area (Å²) in [5.41, 5.74) is 1.05. The first-order chi connectivity index (χ1) is 12.2. The van der Waals surface area contributed by atoms with E-state index in [4.69, 9.17) is 14.2 Å². The van der Waals surface area contributed by atoms with Crippen LogP contribution in [0.5, 0.6) is 11.5 Å². The molecule has 1 atom stereocenters. The van der Waals surface area contributed by atoms with E-state index in [1.165, 1.54) is 0 Å². The van der Waals surface area contributed by atoms with Crippen molar-refractivity contribution in [3.05, 3.63) is 66.2 Å². The highest BCUT2D eigenvalue weighted by Gasteiger charge is 2.24. The van der Waals surface area contributed by atoms with Crippen molar-refractivity contribution in [2.45, 2.75) is 6.10 Å². The summed E-state index contributed by atoms with van der Waals surface area (Å²) in [5, 5.41) is 0.